The summed E-state index contributed by atoms with van der Waals surface area (Å²) < 4.78 is 11.1. The number of carbonyl (C=O) groups excluding carboxylic acids is 1. The molecule has 0 radical (unpaired) electrons. The molecule has 2 aromatic rings. The molecule has 30 heavy (non-hydrogen) atoms. The van der Waals surface area contributed by atoms with Crippen LogP contribution in [0.4, 0.5) is 11.4 Å². The van der Waals surface area contributed by atoms with E-state index < -0.39 is 10.3 Å². The number of ether oxygens (including phenoxy) is 2. The van der Waals surface area contributed by atoms with Crippen LogP contribution in [-0.2, 0) is 14.9 Å². The zero-order chi connectivity index (χ0) is 21.7. The van der Waals surface area contributed by atoms with Crippen LogP contribution in [0.5, 0.6) is 5.75 Å². The molecule has 0 atom stereocenters. The molecule has 2 aromatic carbocycles. The molecule has 1 aliphatic rings. The van der Waals surface area contributed by atoms with Gasteiger partial charge in [0.05, 0.1) is 27.7 Å². The van der Waals surface area contributed by atoms with Gasteiger partial charge in [0.15, 0.2) is 0 Å². The number of hydrogen-bond donors (Lipinski definition) is 1. The lowest BCUT2D eigenvalue weighted by Crippen LogP contribution is -2.45. The predicted octanol–water partition coefficient (Wildman–Crippen LogP) is 3.94. The van der Waals surface area contributed by atoms with E-state index in [0.717, 1.165) is 0 Å². The van der Waals surface area contributed by atoms with Crippen LogP contribution >= 0.6 is 0 Å². The number of anilines is 1. The number of benzene rings is 2. The van der Waals surface area contributed by atoms with Gasteiger partial charge in [-0.25, -0.2) is 0 Å². The third-order valence-corrected chi connectivity index (χ3v) is 5.14. The van der Waals surface area contributed by atoms with Gasteiger partial charge in [0, 0.05) is 31.4 Å². The van der Waals surface area contributed by atoms with Gasteiger partial charge in [-0.2, -0.15) is 5.26 Å². The Bertz CT molecular complexity index is 973. The maximum Gasteiger partial charge on any atom is 0.269 e. The summed E-state index contributed by atoms with van der Waals surface area (Å²) in [5.41, 5.74) is 0.451. The first-order chi connectivity index (χ1) is 14.4. The highest BCUT2D eigenvalue weighted by atomic mass is 16.6. The molecule has 8 heteroatoms. The Morgan fingerprint density at radius 3 is 2.47 bits per heavy atom. The summed E-state index contributed by atoms with van der Waals surface area (Å²) in [4.78, 5) is 23.9. The van der Waals surface area contributed by atoms with Crippen LogP contribution in [-0.4, -0.2) is 30.1 Å². The van der Waals surface area contributed by atoms with Crippen molar-refractivity contribution in [2.75, 3.05) is 18.5 Å². The molecule has 1 fully saturated rings. The van der Waals surface area contributed by atoms with Gasteiger partial charge in [0.25, 0.3) is 5.69 Å². The summed E-state index contributed by atoms with van der Waals surface area (Å²) in [5.74, 6) is 0.282. The van der Waals surface area contributed by atoms with Crippen molar-refractivity contribution in [2.24, 2.45) is 0 Å². The van der Waals surface area contributed by atoms with Gasteiger partial charge < -0.3 is 14.8 Å². The molecule has 0 aliphatic carbocycles. The van der Waals surface area contributed by atoms with Gasteiger partial charge in [-0.1, -0.05) is 12.1 Å². The molecule has 156 valence electrons. The molecule has 1 amide bonds. The van der Waals surface area contributed by atoms with Crippen molar-refractivity contribution in [2.45, 2.75) is 38.2 Å². The highest BCUT2D eigenvalue weighted by Gasteiger charge is 2.42. The van der Waals surface area contributed by atoms with Crippen LogP contribution in [0, 0.1) is 21.4 Å². The van der Waals surface area contributed by atoms with Gasteiger partial charge in [-0.15, -0.1) is 0 Å². The molecule has 1 heterocycles. The molecular weight excluding hydrogens is 386 g/mol. The van der Waals surface area contributed by atoms with Crippen molar-refractivity contribution in [1.29, 1.82) is 5.26 Å². The van der Waals surface area contributed by atoms with E-state index in [-0.39, 0.29) is 17.7 Å². The molecule has 0 saturated carbocycles. The first-order valence-corrected chi connectivity index (χ1v) is 9.70. The molecule has 1 saturated heterocycles. The normalized spacial score (nSPS) is 15.3. The average Bonchev–Trinajstić information content (AvgIpc) is 2.74. The maximum absolute atomic E-state index is 13.4. The molecule has 8 nitrogen and oxygen atoms in total. The number of nitrogens with zero attached hydrogens (tertiary/aromatic N) is 2. The fourth-order valence-corrected chi connectivity index (χ4v) is 3.58. The van der Waals surface area contributed by atoms with Gasteiger partial charge in [-0.3, -0.25) is 14.9 Å². The predicted molar refractivity (Wildman–Crippen MR) is 110 cm³/mol. The minimum absolute atomic E-state index is 0.0334. The van der Waals surface area contributed by atoms with Crippen molar-refractivity contribution in [1.82, 2.24) is 0 Å². The van der Waals surface area contributed by atoms with Gasteiger partial charge in [0.1, 0.15) is 11.8 Å². The third-order valence-electron chi connectivity index (χ3n) is 5.14. The number of hydrogen-bond acceptors (Lipinski definition) is 6. The Kier molecular flexibility index (Phi) is 6.33. The van der Waals surface area contributed by atoms with E-state index in [1.807, 2.05) is 13.8 Å². The summed E-state index contributed by atoms with van der Waals surface area (Å²) in [6.07, 6.45) is 0.838. The lowest BCUT2D eigenvalue weighted by Gasteiger charge is -2.36. The van der Waals surface area contributed by atoms with Crippen LogP contribution in [0.25, 0.3) is 0 Å². The number of nitro groups is 1. The Morgan fingerprint density at radius 2 is 1.90 bits per heavy atom. The van der Waals surface area contributed by atoms with Crippen molar-refractivity contribution in [3.8, 4) is 11.8 Å². The second-order valence-corrected chi connectivity index (χ2v) is 7.44. The van der Waals surface area contributed by atoms with Crippen molar-refractivity contribution in [3.05, 3.63) is 63.7 Å². The Balaban J connectivity index is 1.91. The highest BCUT2D eigenvalue weighted by Crippen LogP contribution is 2.37. The van der Waals surface area contributed by atoms with E-state index in [4.69, 9.17) is 9.47 Å². The molecule has 0 aromatic heterocycles. The van der Waals surface area contributed by atoms with Crippen molar-refractivity contribution < 1.29 is 19.2 Å². The van der Waals surface area contributed by atoms with Crippen LogP contribution in [0.15, 0.2) is 42.5 Å². The quantitative estimate of drug-likeness (QED) is 0.571. The number of nitro benzene ring substituents is 1. The number of carbonyl (C=O) groups is 1. The SMILES string of the molecule is CC(C)Oc1ccc(NC(=O)C2(c3ccc([N+](=O)[O-])cc3)CCOCC2)c(C#N)c1. The Labute approximate surface area is 174 Å². The van der Waals surface area contributed by atoms with E-state index >= 15 is 0 Å². The van der Waals surface area contributed by atoms with Crippen molar-refractivity contribution in [3.63, 3.8) is 0 Å². The van der Waals surface area contributed by atoms with Crippen LogP contribution in [0.1, 0.15) is 37.8 Å². The Morgan fingerprint density at radius 1 is 1.23 bits per heavy atom. The smallest absolute Gasteiger partial charge is 0.269 e. The number of non-ortho nitro benzene ring substituents is 1. The molecule has 1 N–H and O–H groups in total. The number of amides is 1. The number of nitrogens with one attached hydrogen (secondary N) is 1. The first kappa shape index (κ1) is 21.3. The fourth-order valence-electron chi connectivity index (χ4n) is 3.58. The molecule has 0 unspecified atom stereocenters. The molecule has 0 spiro atoms. The van der Waals surface area contributed by atoms with E-state index in [2.05, 4.69) is 11.4 Å². The van der Waals surface area contributed by atoms with Gasteiger partial charge in [0.2, 0.25) is 5.91 Å². The van der Waals surface area contributed by atoms with E-state index in [0.29, 0.717) is 48.6 Å². The molecule has 0 bridgehead atoms. The van der Waals surface area contributed by atoms with Gasteiger partial charge >= 0.3 is 0 Å². The maximum atomic E-state index is 13.4. The number of nitriles is 1. The highest BCUT2D eigenvalue weighted by molar-refractivity contribution is 6.00. The molecular formula is C22H23N3O5. The first-order valence-electron chi connectivity index (χ1n) is 9.70. The second kappa shape index (κ2) is 8.93. The lowest BCUT2D eigenvalue weighted by molar-refractivity contribution is -0.384. The van der Waals surface area contributed by atoms with Gasteiger partial charge in [-0.05, 0) is 44.4 Å². The zero-order valence-electron chi connectivity index (χ0n) is 16.9. The average molecular weight is 409 g/mol. The van der Waals surface area contributed by atoms with E-state index in [1.165, 1.54) is 12.1 Å². The standard InChI is InChI=1S/C22H23N3O5/c1-15(2)30-19-7-8-20(16(13-19)14-23)24-21(26)22(9-11-29-12-10-22)17-3-5-18(6-4-17)25(27)28/h3-8,13,15H,9-12H2,1-2H3,(H,24,26). The Hall–Kier alpha value is -3.44. The summed E-state index contributed by atoms with van der Waals surface area (Å²) in [5, 5.41) is 23.4. The van der Waals surface area contributed by atoms with Crippen molar-refractivity contribution >= 4 is 17.3 Å². The zero-order valence-corrected chi connectivity index (χ0v) is 16.9. The van der Waals surface area contributed by atoms with E-state index in [9.17, 15) is 20.2 Å². The monoisotopic (exact) mass is 409 g/mol. The summed E-state index contributed by atoms with van der Waals surface area (Å²) in [6, 6.07) is 13.1. The minimum atomic E-state index is -0.896. The summed E-state index contributed by atoms with van der Waals surface area (Å²) in [7, 11) is 0. The fraction of sp³-hybridized carbons (Fsp3) is 0.364. The van der Waals surface area contributed by atoms with Crippen LogP contribution in [0.3, 0.4) is 0 Å². The molecule has 3 rings (SSSR count). The lowest BCUT2D eigenvalue weighted by atomic mass is 9.73. The second-order valence-electron chi connectivity index (χ2n) is 7.44. The largest absolute Gasteiger partial charge is 0.491 e. The van der Waals surface area contributed by atoms with E-state index in [1.54, 1.807) is 30.3 Å². The summed E-state index contributed by atoms with van der Waals surface area (Å²) >= 11 is 0. The minimum Gasteiger partial charge on any atom is -0.491 e. The molecule has 1 aliphatic heterocycles. The van der Waals surface area contributed by atoms with Crippen LogP contribution in [0.2, 0.25) is 0 Å². The van der Waals surface area contributed by atoms with Crippen LogP contribution < -0.4 is 10.1 Å². The third kappa shape index (κ3) is 4.42. The topological polar surface area (TPSA) is 114 Å². The number of rotatable bonds is 6. The summed E-state index contributed by atoms with van der Waals surface area (Å²) in [6.45, 7) is 4.58.